The maximum absolute atomic E-state index is 5.74. The Labute approximate surface area is 109 Å². The molecule has 3 N–H and O–H groups in total. The van der Waals surface area contributed by atoms with E-state index < -0.39 is 0 Å². The predicted octanol–water partition coefficient (Wildman–Crippen LogP) is 1.34. The van der Waals surface area contributed by atoms with E-state index in [0.29, 0.717) is 19.0 Å². The average Bonchev–Trinajstić information content (AvgIpc) is 2.34. The molecule has 98 valence electrons. The highest BCUT2D eigenvalue weighted by Crippen LogP contribution is 2.11. The molecule has 0 atom stereocenters. The van der Waals surface area contributed by atoms with Gasteiger partial charge in [0.05, 0.1) is 6.54 Å². The van der Waals surface area contributed by atoms with Gasteiger partial charge in [-0.05, 0) is 25.2 Å². The largest absolute Gasteiger partial charge is 0.370 e. The molecule has 0 bridgehead atoms. The molecule has 0 fully saturated rings. The van der Waals surface area contributed by atoms with Crippen LogP contribution in [0.1, 0.15) is 11.1 Å². The van der Waals surface area contributed by atoms with E-state index in [0.717, 1.165) is 6.54 Å². The van der Waals surface area contributed by atoms with Crippen molar-refractivity contribution in [3.63, 3.8) is 0 Å². The van der Waals surface area contributed by atoms with Crippen molar-refractivity contribution in [3.8, 4) is 0 Å². The zero-order chi connectivity index (χ0) is 13.4. The third kappa shape index (κ3) is 5.01. The molecule has 0 aliphatic carbocycles. The van der Waals surface area contributed by atoms with E-state index in [9.17, 15) is 0 Å². The molecule has 18 heavy (non-hydrogen) atoms. The molecule has 1 aromatic carbocycles. The Hall–Kier alpha value is -1.81. The molecule has 0 saturated carbocycles. The van der Waals surface area contributed by atoms with Crippen LogP contribution in [-0.4, -0.2) is 31.5 Å². The van der Waals surface area contributed by atoms with E-state index in [1.807, 2.05) is 12.1 Å². The van der Waals surface area contributed by atoms with Crippen LogP contribution in [0.15, 0.2) is 41.9 Å². The monoisotopic (exact) mass is 246 g/mol. The molecule has 0 amide bonds. The molecular formula is C14H22N4. The molecule has 0 spiro atoms. The summed E-state index contributed by atoms with van der Waals surface area (Å²) >= 11 is 0. The summed E-state index contributed by atoms with van der Waals surface area (Å²) in [6, 6.07) is 8.28. The lowest BCUT2D eigenvalue weighted by Crippen LogP contribution is -2.31. The first-order valence-corrected chi connectivity index (χ1v) is 5.99. The lowest BCUT2D eigenvalue weighted by atomic mass is 10.1. The Balaban J connectivity index is 2.68. The average molecular weight is 246 g/mol. The molecule has 0 heterocycles. The second kappa shape index (κ2) is 7.50. The van der Waals surface area contributed by atoms with Crippen molar-refractivity contribution in [2.75, 3.05) is 20.6 Å². The Morgan fingerprint density at radius 3 is 2.67 bits per heavy atom. The highest BCUT2D eigenvalue weighted by atomic mass is 15.1. The summed E-state index contributed by atoms with van der Waals surface area (Å²) in [7, 11) is 4.11. The van der Waals surface area contributed by atoms with Crippen molar-refractivity contribution in [2.24, 2.45) is 10.7 Å². The summed E-state index contributed by atoms with van der Waals surface area (Å²) < 4.78 is 0. The summed E-state index contributed by atoms with van der Waals surface area (Å²) in [6.07, 6.45) is 1.75. The van der Waals surface area contributed by atoms with E-state index in [-0.39, 0.29) is 0 Å². The molecule has 0 aliphatic heterocycles. The first kappa shape index (κ1) is 14.3. The third-order valence-electron chi connectivity index (χ3n) is 2.45. The number of guanidine groups is 1. The van der Waals surface area contributed by atoms with E-state index in [2.05, 4.69) is 48.0 Å². The number of hydrogen-bond acceptors (Lipinski definition) is 2. The van der Waals surface area contributed by atoms with Gasteiger partial charge in [-0.15, -0.1) is 6.58 Å². The van der Waals surface area contributed by atoms with E-state index in [1.54, 1.807) is 6.08 Å². The Morgan fingerprint density at radius 1 is 1.39 bits per heavy atom. The fourth-order valence-corrected chi connectivity index (χ4v) is 1.61. The van der Waals surface area contributed by atoms with Crippen molar-refractivity contribution < 1.29 is 0 Å². The summed E-state index contributed by atoms with van der Waals surface area (Å²) in [4.78, 5) is 6.46. The van der Waals surface area contributed by atoms with Crippen molar-refractivity contribution in [1.29, 1.82) is 0 Å². The quantitative estimate of drug-likeness (QED) is 0.452. The number of nitrogens with zero attached hydrogens (tertiary/aromatic N) is 2. The summed E-state index contributed by atoms with van der Waals surface area (Å²) in [5.41, 5.74) is 8.22. The van der Waals surface area contributed by atoms with Crippen molar-refractivity contribution >= 4 is 5.96 Å². The van der Waals surface area contributed by atoms with Gasteiger partial charge in [0, 0.05) is 13.1 Å². The van der Waals surface area contributed by atoms with Crippen LogP contribution < -0.4 is 11.1 Å². The van der Waals surface area contributed by atoms with Gasteiger partial charge in [0.2, 0.25) is 0 Å². The van der Waals surface area contributed by atoms with Crippen molar-refractivity contribution in [2.45, 2.75) is 13.1 Å². The predicted molar refractivity (Wildman–Crippen MR) is 77.4 cm³/mol. The van der Waals surface area contributed by atoms with E-state index in [1.165, 1.54) is 11.1 Å². The number of rotatable bonds is 6. The van der Waals surface area contributed by atoms with Crippen LogP contribution in [0.2, 0.25) is 0 Å². The van der Waals surface area contributed by atoms with Gasteiger partial charge < -0.3 is 16.0 Å². The molecular weight excluding hydrogens is 224 g/mol. The Kier molecular flexibility index (Phi) is 5.94. The van der Waals surface area contributed by atoms with Crippen LogP contribution in [0, 0.1) is 0 Å². The number of benzene rings is 1. The van der Waals surface area contributed by atoms with Gasteiger partial charge in [0.1, 0.15) is 0 Å². The van der Waals surface area contributed by atoms with Crippen molar-refractivity contribution in [1.82, 2.24) is 10.2 Å². The first-order valence-electron chi connectivity index (χ1n) is 5.99. The minimum atomic E-state index is 0.453. The molecule has 0 saturated heterocycles. The van der Waals surface area contributed by atoms with E-state index in [4.69, 9.17) is 5.73 Å². The Morgan fingerprint density at radius 2 is 2.06 bits per heavy atom. The van der Waals surface area contributed by atoms with Gasteiger partial charge >= 0.3 is 0 Å². The highest BCUT2D eigenvalue weighted by Gasteiger charge is 2.02. The topological polar surface area (TPSA) is 53.6 Å². The zero-order valence-corrected chi connectivity index (χ0v) is 11.2. The van der Waals surface area contributed by atoms with Crippen LogP contribution >= 0.6 is 0 Å². The van der Waals surface area contributed by atoms with Gasteiger partial charge in [0.15, 0.2) is 5.96 Å². The van der Waals surface area contributed by atoms with Crippen LogP contribution in [-0.2, 0) is 13.1 Å². The van der Waals surface area contributed by atoms with Crippen molar-refractivity contribution in [3.05, 3.63) is 48.0 Å². The smallest absolute Gasteiger partial charge is 0.189 e. The molecule has 0 radical (unpaired) electrons. The summed E-state index contributed by atoms with van der Waals surface area (Å²) in [5.74, 6) is 0.453. The van der Waals surface area contributed by atoms with Crippen LogP contribution in [0.25, 0.3) is 0 Å². The molecule has 4 nitrogen and oxygen atoms in total. The zero-order valence-electron chi connectivity index (χ0n) is 11.2. The number of nitrogens with two attached hydrogens (primary N) is 1. The van der Waals surface area contributed by atoms with Crippen LogP contribution in [0.5, 0.6) is 0 Å². The standard InChI is InChI=1S/C14H22N4/c1-4-9-16-14(15)17-10-12-7-5-6-8-13(12)11-18(2)3/h4-8H,1,9-11H2,2-3H3,(H3,15,16,17). The summed E-state index contributed by atoms with van der Waals surface area (Å²) in [6.45, 7) is 5.76. The second-order valence-corrected chi connectivity index (χ2v) is 4.38. The second-order valence-electron chi connectivity index (χ2n) is 4.38. The number of hydrogen-bond donors (Lipinski definition) is 2. The SMILES string of the molecule is C=CCNC(N)=NCc1ccccc1CN(C)C. The van der Waals surface area contributed by atoms with Crippen LogP contribution in [0.4, 0.5) is 0 Å². The third-order valence-corrected chi connectivity index (χ3v) is 2.45. The van der Waals surface area contributed by atoms with Gasteiger partial charge in [-0.3, -0.25) is 0 Å². The Bertz CT molecular complexity index is 410. The first-order chi connectivity index (χ1) is 8.63. The lowest BCUT2D eigenvalue weighted by Gasteiger charge is -2.13. The number of aliphatic imine (C=N–C) groups is 1. The molecule has 0 aliphatic rings. The maximum atomic E-state index is 5.74. The molecule has 1 aromatic rings. The minimum Gasteiger partial charge on any atom is -0.370 e. The van der Waals surface area contributed by atoms with Gasteiger partial charge in [-0.1, -0.05) is 30.3 Å². The van der Waals surface area contributed by atoms with Crippen LogP contribution in [0.3, 0.4) is 0 Å². The normalized spacial score (nSPS) is 11.6. The van der Waals surface area contributed by atoms with E-state index >= 15 is 0 Å². The highest BCUT2D eigenvalue weighted by molar-refractivity contribution is 5.77. The molecule has 0 unspecified atom stereocenters. The molecule has 1 rings (SSSR count). The fourth-order valence-electron chi connectivity index (χ4n) is 1.61. The fraction of sp³-hybridized carbons (Fsp3) is 0.357. The number of nitrogens with one attached hydrogen (secondary N) is 1. The lowest BCUT2D eigenvalue weighted by molar-refractivity contribution is 0.401. The molecule has 4 heteroatoms. The molecule has 0 aromatic heterocycles. The van der Waals surface area contributed by atoms with Gasteiger partial charge in [0.25, 0.3) is 0 Å². The minimum absolute atomic E-state index is 0.453. The maximum Gasteiger partial charge on any atom is 0.189 e. The van der Waals surface area contributed by atoms with Gasteiger partial charge in [-0.2, -0.15) is 0 Å². The van der Waals surface area contributed by atoms with Gasteiger partial charge in [-0.25, -0.2) is 4.99 Å². The summed E-state index contributed by atoms with van der Waals surface area (Å²) in [5, 5.41) is 2.96.